The third kappa shape index (κ3) is 6.05. The predicted octanol–water partition coefficient (Wildman–Crippen LogP) is 1.67. The van der Waals surface area contributed by atoms with Crippen molar-refractivity contribution in [1.29, 1.82) is 0 Å². The van der Waals surface area contributed by atoms with Crippen LogP contribution in [0.3, 0.4) is 0 Å². The molecule has 0 saturated carbocycles. The number of hydrogen-bond donors (Lipinski definition) is 2. The van der Waals surface area contributed by atoms with Gasteiger partial charge in [0.05, 0.1) is 0 Å². The molecule has 6 heteroatoms. The van der Waals surface area contributed by atoms with E-state index in [2.05, 4.69) is 22.6 Å². The summed E-state index contributed by atoms with van der Waals surface area (Å²) in [4.78, 5) is 29.2. The molecule has 1 aromatic carbocycles. The molecule has 0 spiro atoms. The Labute approximate surface area is 150 Å². The summed E-state index contributed by atoms with van der Waals surface area (Å²) in [6, 6.07) is 8.92. The predicted molar refractivity (Wildman–Crippen MR) is 99.1 cm³/mol. The Morgan fingerprint density at radius 3 is 2.48 bits per heavy atom. The van der Waals surface area contributed by atoms with E-state index in [4.69, 9.17) is 0 Å². The number of urea groups is 1. The lowest BCUT2D eigenvalue weighted by Gasteiger charge is -2.29. The number of carbonyl (C=O) groups excluding carboxylic acids is 2. The van der Waals surface area contributed by atoms with Crippen molar-refractivity contribution in [2.24, 2.45) is 5.92 Å². The van der Waals surface area contributed by atoms with E-state index in [1.165, 1.54) is 0 Å². The maximum absolute atomic E-state index is 12.9. The molecule has 1 fully saturated rings. The minimum Gasteiger partial charge on any atom is -0.340 e. The number of nitrogens with zero attached hydrogens (tertiary/aromatic N) is 2. The SMILES string of the molecule is CC(C)C(NC(=O)NCc1ccccc1)C(=O)N1CCCN(C)CC1. The van der Waals surface area contributed by atoms with Gasteiger partial charge in [0.15, 0.2) is 0 Å². The summed E-state index contributed by atoms with van der Waals surface area (Å²) in [5.41, 5.74) is 1.03. The van der Waals surface area contributed by atoms with Crippen LogP contribution in [-0.4, -0.2) is 61.0 Å². The second-order valence-corrected chi connectivity index (χ2v) is 7.02. The van der Waals surface area contributed by atoms with Crippen LogP contribution in [0.15, 0.2) is 30.3 Å². The number of nitrogens with one attached hydrogen (secondary N) is 2. The number of amides is 3. The zero-order valence-corrected chi connectivity index (χ0v) is 15.5. The second kappa shape index (κ2) is 9.42. The zero-order valence-electron chi connectivity index (χ0n) is 15.5. The maximum Gasteiger partial charge on any atom is 0.315 e. The van der Waals surface area contributed by atoms with E-state index in [1.54, 1.807) is 0 Å². The number of benzene rings is 1. The van der Waals surface area contributed by atoms with Crippen molar-refractivity contribution in [2.45, 2.75) is 32.9 Å². The standard InChI is InChI=1S/C19H30N4O2/c1-15(2)17(18(24)23-11-7-10-22(3)12-13-23)21-19(25)20-14-16-8-5-4-6-9-16/h4-6,8-9,15,17H,7,10-14H2,1-3H3,(H2,20,21,25). The van der Waals surface area contributed by atoms with E-state index >= 15 is 0 Å². The molecule has 1 aliphatic rings. The van der Waals surface area contributed by atoms with Crippen molar-refractivity contribution < 1.29 is 9.59 Å². The smallest absolute Gasteiger partial charge is 0.315 e. The first-order valence-corrected chi connectivity index (χ1v) is 9.03. The Hall–Kier alpha value is -2.08. The molecule has 1 unspecified atom stereocenters. The minimum atomic E-state index is -0.501. The molecule has 1 heterocycles. The molecule has 0 aliphatic carbocycles. The Balaban J connectivity index is 1.90. The van der Waals surface area contributed by atoms with Gasteiger partial charge in [0.2, 0.25) is 5.91 Å². The largest absolute Gasteiger partial charge is 0.340 e. The van der Waals surface area contributed by atoms with Gasteiger partial charge < -0.3 is 20.4 Å². The minimum absolute atomic E-state index is 0.0140. The van der Waals surface area contributed by atoms with Gasteiger partial charge in [0.1, 0.15) is 6.04 Å². The van der Waals surface area contributed by atoms with Gasteiger partial charge >= 0.3 is 6.03 Å². The summed E-state index contributed by atoms with van der Waals surface area (Å²) in [7, 11) is 2.07. The van der Waals surface area contributed by atoms with E-state index < -0.39 is 6.04 Å². The summed E-state index contributed by atoms with van der Waals surface area (Å²) in [6.45, 7) is 7.71. The van der Waals surface area contributed by atoms with Gasteiger partial charge in [-0.05, 0) is 31.5 Å². The van der Waals surface area contributed by atoms with E-state index in [-0.39, 0.29) is 17.9 Å². The molecule has 6 nitrogen and oxygen atoms in total. The molecule has 25 heavy (non-hydrogen) atoms. The van der Waals surface area contributed by atoms with Gasteiger partial charge in [-0.1, -0.05) is 44.2 Å². The lowest BCUT2D eigenvalue weighted by Crippen LogP contribution is -2.54. The van der Waals surface area contributed by atoms with Crippen molar-refractivity contribution in [2.75, 3.05) is 33.2 Å². The van der Waals surface area contributed by atoms with Crippen molar-refractivity contribution in [3.05, 3.63) is 35.9 Å². The fourth-order valence-corrected chi connectivity index (χ4v) is 2.95. The van der Waals surface area contributed by atoms with Crippen LogP contribution < -0.4 is 10.6 Å². The average molecular weight is 346 g/mol. The van der Waals surface area contributed by atoms with Gasteiger partial charge in [0.25, 0.3) is 0 Å². The lowest BCUT2D eigenvalue weighted by molar-refractivity contribution is -0.134. The normalized spacial score (nSPS) is 17.0. The van der Waals surface area contributed by atoms with Crippen molar-refractivity contribution in [3.63, 3.8) is 0 Å². The van der Waals surface area contributed by atoms with Gasteiger partial charge in [0, 0.05) is 26.2 Å². The van der Waals surface area contributed by atoms with E-state index in [1.807, 2.05) is 49.1 Å². The maximum atomic E-state index is 12.9. The van der Waals surface area contributed by atoms with Gasteiger partial charge in [-0.25, -0.2) is 4.79 Å². The van der Waals surface area contributed by atoms with E-state index in [0.29, 0.717) is 13.1 Å². The summed E-state index contributed by atoms with van der Waals surface area (Å²) in [5.74, 6) is 0.0520. The van der Waals surface area contributed by atoms with E-state index in [0.717, 1.165) is 31.6 Å². The van der Waals surface area contributed by atoms with Crippen LogP contribution in [0.25, 0.3) is 0 Å². The Kier molecular flexibility index (Phi) is 7.25. The van der Waals surface area contributed by atoms with Crippen molar-refractivity contribution >= 4 is 11.9 Å². The molecule has 2 rings (SSSR count). The fourth-order valence-electron chi connectivity index (χ4n) is 2.95. The van der Waals surface area contributed by atoms with Crippen LogP contribution in [0.1, 0.15) is 25.8 Å². The van der Waals surface area contributed by atoms with E-state index in [9.17, 15) is 9.59 Å². The van der Waals surface area contributed by atoms with Gasteiger partial charge in [-0.2, -0.15) is 0 Å². The highest BCUT2D eigenvalue weighted by molar-refractivity contribution is 5.87. The molecular formula is C19H30N4O2. The van der Waals surface area contributed by atoms with Crippen LogP contribution in [0, 0.1) is 5.92 Å². The molecular weight excluding hydrogens is 316 g/mol. The van der Waals surface area contributed by atoms with Crippen LogP contribution in [0.5, 0.6) is 0 Å². The quantitative estimate of drug-likeness (QED) is 0.852. The molecule has 0 radical (unpaired) electrons. The van der Waals surface area contributed by atoms with Crippen LogP contribution in [-0.2, 0) is 11.3 Å². The summed E-state index contributed by atoms with van der Waals surface area (Å²) >= 11 is 0. The molecule has 3 amide bonds. The highest BCUT2D eigenvalue weighted by Gasteiger charge is 2.29. The third-order valence-corrected chi connectivity index (χ3v) is 4.55. The molecule has 2 N–H and O–H groups in total. The topological polar surface area (TPSA) is 64.7 Å². The molecule has 1 aliphatic heterocycles. The third-order valence-electron chi connectivity index (χ3n) is 4.55. The first kappa shape index (κ1) is 19.2. The van der Waals surface area contributed by atoms with Crippen molar-refractivity contribution in [3.8, 4) is 0 Å². The summed E-state index contributed by atoms with van der Waals surface area (Å²) < 4.78 is 0. The van der Waals surface area contributed by atoms with Crippen molar-refractivity contribution in [1.82, 2.24) is 20.4 Å². The molecule has 0 aromatic heterocycles. The monoisotopic (exact) mass is 346 g/mol. The summed E-state index contributed by atoms with van der Waals surface area (Å²) in [6.07, 6.45) is 0.966. The Morgan fingerprint density at radius 1 is 1.08 bits per heavy atom. The number of rotatable bonds is 5. The highest BCUT2D eigenvalue weighted by atomic mass is 16.2. The first-order valence-electron chi connectivity index (χ1n) is 9.03. The molecule has 1 saturated heterocycles. The number of carbonyl (C=O) groups is 2. The van der Waals surface area contributed by atoms with Crippen LogP contribution in [0.4, 0.5) is 4.79 Å². The number of hydrogen-bond acceptors (Lipinski definition) is 3. The number of likely N-dealkylation sites (N-methyl/N-ethyl adjacent to an activating group) is 1. The Morgan fingerprint density at radius 2 is 1.80 bits per heavy atom. The second-order valence-electron chi connectivity index (χ2n) is 7.02. The average Bonchev–Trinajstić information content (AvgIpc) is 2.82. The van der Waals surface area contributed by atoms with Gasteiger partial charge in [-0.3, -0.25) is 4.79 Å². The zero-order chi connectivity index (χ0) is 18.2. The summed E-state index contributed by atoms with van der Waals surface area (Å²) in [5, 5.41) is 5.69. The fraction of sp³-hybridized carbons (Fsp3) is 0.579. The highest BCUT2D eigenvalue weighted by Crippen LogP contribution is 2.09. The molecule has 1 atom stereocenters. The van der Waals surface area contributed by atoms with Crippen LogP contribution >= 0.6 is 0 Å². The molecule has 138 valence electrons. The first-order chi connectivity index (χ1) is 12.0. The molecule has 1 aromatic rings. The Bertz CT molecular complexity index is 562. The van der Waals surface area contributed by atoms with Crippen LogP contribution in [0.2, 0.25) is 0 Å². The molecule has 0 bridgehead atoms. The van der Waals surface area contributed by atoms with Gasteiger partial charge in [-0.15, -0.1) is 0 Å². The lowest BCUT2D eigenvalue weighted by atomic mass is 10.0.